The lowest BCUT2D eigenvalue weighted by atomic mass is 10.2. The summed E-state index contributed by atoms with van der Waals surface area (Å²) in [6.45, 7) is 4.50. The van der Waals surface area contributed by atoms with Gasteiger partial charge in [0.2, 0.25) is 0 Å². The molecule has 0 unspecified atom stereocenters. The second kappa shape index (κ2) is 9.25. The molecular weight excluding hydrogens is 148 g/mol. The molecule has 0 N–H and O–H groups in total. The van der Waals surface area contributed by atoms with Gasteiger partial charge in [-0.15, -0.1) is 11.6 Å². The molecule has 0 aliphatic heterocycles. The largest absolute Gasteiger partial charge is 0.376 e. The Balaban J connectivity index is 2.65. The second-order valence-electron chi connectivity index (χ2n) is 2.21. The van der Waals surface area contributed by atoms with E-state index in [2.05, 4.69) is 0 Å². The van der Waals surface area contributed by atoms with Crippen molar-refractivity contribution < 1.29 is 4.74 Å². The molecule has 0 rings (SSSR count). The van der Waals surface area contributed by atoms with Crippen molar-refractivity contribution in [1.82, 2.24) is 0 Å². The monoisotopic (exact) mass is 163 g/mol. The molecule has 1 radical (unpaired) electrons. The van der Waals surface area contributed by atoms with Gasteiger partial charge >= 0.3 is 0 Å². The number of ether oxygens (including phenoxy) is 1. The van der Waals surface area contributed by atoms with E-state index in [1.807, 2.05) is 6.92 Å². The molecule has 0 saturated heterocycles. The third kappa shape index (κ3) is 8.25. The predicted molar refractivity (Wildman–Crippen MR) is 45.1 cm³/mol. The zero-order valence-corrected chi connectivity index (χ0v) is 7.36. The number of halogens is 1. The van der Waals surface area contributed by atoms with Crippen molar-refractivity contribution in [1.29, 1.82) is 0 Å². The van der Waals surface area contributed by atoms with E-state index < -0.39 is 0 Å². The average Bonchev–Trinajstić information content (AvgIpc) is 1.97. The Bertz CT molecular complexity index is 49.2. The van der Waals surface area contributed by atoms with Crippen LogP contribution in [0.3, 0.4) is 0 Å². The van der Waals surface area contributed by atoms with Gasteiger partial charge in [0.15, 0.2) is 0 Å². The first-order chi connectivity index (χ1) is 4.91. The fraction of sp³-hybridized carbons (Fsp3) is 0.875. The van der Waals surface area contributed by atoms with Gasteiger partial charge in [-0.1, -0.05) is 12.8 Å². The predicted octanol–water partition coefficient (Wildman–Crippen LogP) is 2.98. The molecule has 0 fully saturated rings. The molecule has 61 valence electrons. The molecule has 0 amide bonds. The van der Waals surface area contributed by atoms with Crippen LogP contribution in [0.2, 0.25) is 0 Å². The van der Waals surface area contributed by atoms with Gasteiger partial charge in [-0.05, 0) is 19.8 Å². The molecule has 1 nitrogen and oxygen atoms in total. The molecule has 0 aromatic carbocycles. The van der Waals surface area contributed by atoms with Crippen molar-refractivity contribution in [3.8, 4) is 0 Å². The first-order valence-corrected chi connectivity index (χ1v) is 4.40. The number of hydrogen-bond donors (Lipinski definition) is 0. The lowest BCUT2D eigenvalue weighted by Crippen LogP contribution is -1.89. The maximum Gasteiger partial charge on any atom is 0.0805 e. The van der Waals surface area contributed by atoms with Gasteiger partial charge in [0.25, 0.3) is 0 Å². The lowest BCUT2D eigenvalue weighted by Gasteiger charge is -1.98. The van der Waals surface area contributed by atoms with Crippen molar-refractivity contribution >= 4 is 11.6 Å². The van der Waals surface area contributed by atoms with Crippen LogP contribution in [0.1, 0.15) is 32.6 Å². The average molecular weight is 164 g/mol. The molecule has 0 atom stereocenters. The summed E-state index contributed by atoms with van der Waals surface area (Å²) in [7, 11) is 0. The minimum atomic E-state index is 0.792. The Kier molecular flexibility index (Phi) is 9.48. The third-order valence-electron chi connectivity index (χ3n) is 1.31. The van der Waals surface area contributed by atoms with Gasteiger partial charge in [0.05, 0.1) is 6.61 Å². The van der Waals surface area contributed by atoms with E-state index in [-0.39, 0.29) is 0 Å². The minimum Gasteiger partial charge on any atom is -0.376 e. The molecule has 0 heterocycles. The Hall–Kier alpha value is 0.250. The number of hydrogen-bond acceptors (Lipinski definition) is 1. The van der Waals surface area contributed by atoms with Crippen molar-refractivity contribution in [2.45, 2.75) is 32.6 Å². The summed E-state index contributed by atoms with van der Waals surface area (Å²) in [5.41, 5.74) is 0. The molecule has 0 spiro atoms. The molecule has 0 aromatic heterocycles. The molecule has 0 saturated carbocycles. The Morgan fingerprint density at radius 3 is 2.50 bits per heavy atom. The van der Waals surface area contributed by atoms with E-state index in [1.54, 1.807) is 6.61 Å². The van der Waals surface area contributed by atoms with Crippen molar-refractivity contribution in [2.75, 3.05) is 12.5 Å². The van der Waals surface area contributed by atoms with E-state index in [4.69, 9.17) is 16.3 Å². The summed E-state index contributed by atoms with van der Waals surface area (Å²) in [6, 6.07) is 0. The third-order valence-corrected chi connectivity index (χ3v) is 1.58. The number of alkyl halides is 1. The molecule has 0 bridgehead atoms. The van der Waals surface area contributed by atoms with Crippen LogP contribution in [0.4, 0.5) is 0 Å². The standard InChI is InChI=1S/C8H16ClO/c1-2-10-8-6-4-3-5-7-9/h2H,3-8H2,1H3. The summed E-state index contributed by atoms with van der Waals surface area (Å²) < 4.78 is 5.06. The number of unbranched alkanes of at least 4 members (excludes halogenated alkanes) is 3. The number of rotatable bonds is 7. The van der Waals surface area contributed by atoms with Crippen LogP contribution in [0, 0.1) is 6.61 Å². The van der Waals surface area contributed by atoms with E-state index in [0.29, 0.717) is 0 Å². The van der Waals surface area contributed by atoms with Gasteiger partial charge in [-0.2, -0.15) is 0 Å². The Morgan fingerprint density at radius 1 is 1.20 bits per heavy atom. The van der Waals surface area contributed by atoms with Crippen molar-refractivity contribution in [3.05, 3.63) is 6.61 Å². The first kappa shape index (κ1) is 10.2. The van der Waals surface area contributed by atoms with Gasteiger partial charge in [-0.3, -0.25) is 0 Å². The van der Waals surface area contributed by atoms with Crippen LogP contribution in [0.15, 0.2) is 0 Å². The summed E-state index contributed by atoms with van der Waals surface area (Å²) in [4.78, 5) is 0. The first-order valence-electron chi connectivity index (χ1n) is 3.87. The lowest BCUT2D eigenvalue weighted by molar-refractivity contribution is 0.198. The van der Waals surface area contributed by atoms with E-state index in [1.165, 1.54) is 12.8 Å². The highest BCUT2D eigenvalue weighted by atomic mass is 35.5. The van der Waals surface area contributed by atoms with Gasteiger partial charge < -0.3 is 4.74 Å². The van der Waals surface area contributed by atoms with Gasteiger partial charge in [0, 0.05) is 12.5 Å². The van der Waals surface area contributed by atoms with Gasteiger partial charge in [-0.25, -0.2) is 0 Å². The van der Waals surface area contributed by atoms with Gasteiger partial charge in [0.1, 0.15) is 0 Å². The summed E-state index contributed by atoms with van der Waals surface area (Å²) in [6.07, 6.45) is 4.76. The van der Waals surface area contributed by atoms with Crippen molar-refractivity contribution in [2.24, 2.45) is 0 Å². The van der Waals surface area contributed by atoms with Crippen LogP contribution < -0.4 is 0 Å². The zero-order chi connectivity index (χ0) is 7.66. The summed E-state index contributed by atoms with van der Waals surface area (Å²) in [5, 5.41) is 0. The van der Waals surface area contributed by atoms with Crippen LogP contribution in [-0.4, -0.2) is 12.5 Å². The zero-order valence-electron chi connectivity index (χ0n) is 6.61. The SMILES string of the molecule is C[CH]OCCCCCCCl. The highest BCUT2D eigenvalue weighted by Crippen LogP contribution is 2.01. The maximum absolute atomic E-state index is 5.50. The van der Waals surface area contributed by atoms with E-state index in [9.17, 15) is 0 Å². The molecule has 10 heavy (non-hydrogen) atoms. The normalized spacial score (nSPS) is 10.2. The minimum absolute atomic E-state index is 0.792. The van der Waals surface area contributed by atoms with Crippen LogP contribution in [0.5, 0.6) is 0 Å². The smallest absolute Gasteiger partial charge is 0.0805 e. The maximum atomic E-state index is 5.50. The van der Waals surface area contributed by atoms with Crippen molar-refractivity contribution in [3.63, 3.8) is 0 Å². The Labute approximate surface area is 68.7 Å². The highest BCUT2D eigenvalue weighted by molar-refractivity contribution is 6.17. The molecule has 2 heteroatoms. The van der Waals surface area contributed by atoms with Crippen LogP contribution in [0.25, 0.3) is 0 Å². The summed E-state index contributed by atoms with van der Waals surface area (Å²) in [5.74, 6) is 0.792. The molecular formula is C8H16ClO. The van der Waals surface area contributed by atoms with E-state index >= 15 is 0 Å². The van der Waals surface area contributed by atoms with Crippen LogP contribution in [-0.2, 0) is 4.74 Å². The molecule has 0 aromatic rings. The Morgan fingerprint density at radius 2 is 1.90 bits per heavy atom. The molecule has 0 aliphatic rings. The fourth-order valence-corrected chi connectivity index (χ4v) is 0.940. The topological polar surface area (TPSA) is 9.23 Å². The van der Waals surface area contributed by atoms with Crippen LogP contribution >= 0.6 is 11.6 Å². The quantitative estimate of drug-likeness (QED) is 0.414. The summed E-state index contributed by atoms with van der Waals surface area (Å²) >= 11 is 5.50. The molecule has 0 aliphatic carbocycles. The second-order valence-corrected chi connectivity index (χ2v) is 2.59. The highest BCUT2D eigenvalue weighted by Gasteiger charge is 1.88. The fourth-order valence-electron chi connectivity index (χ4n) is 0.751. The van der Waals surface area contributed by atoms with E-state index in [0.717, 1.165) is 25.3 Å².